The highest BCUT2D eigenvalue weighted by molar-refractivity contribution is 6.40. The van der Waals surface area contributed by atoms with Crippen LogP contribution in [0.3, 0.4) is 0 Å². The zero-order chi connectivity index (χ0) is 72.0. The Hall–Kier alpha value is -14.4. The average Bonchev–Trinajstić information content (AvgIpc) is 1.52. The van der Waals surface area contributed by atoms with Crippen LogP contribution in [0.15, 0.2) is 350 Å². The Kier molecular flexibility index (Phi) is 12.7. The van der Waals surface area contributed by atoms with Crippen molar-refractivity contribution in [3.05, 3.63) is 363 Å². The van der Waals surface area contributed by atoms with Crippen molar-refractivity contribution in [2.75, 3.05) is 0 Å². The number of hydrogen-bond acceptors (Lipinski definition) is 5. The van der Waals surface area contributed by atoms with Crippen molar-refractivity contribution >= 4 is 152 Å². The van der Waals surface area contributed by atoms with Crippen LogP contribution in [0.25, 0.3) is 220 Å². The van der Waals surface area contributed by atoms with E-state index >= 15 is 0 Å². The first-order valence-corrected chi connectivity index (χ1v) is 37.9. The standard InChI is InChI=1S/C103H62N6O/c1-103(83-38-20-18-36-80(83)97-99(103)104-95(67-45-41-63(42-46-67)61-22-4-2-5-23-61)100(105-97)108-84-54-49-65-26-8-10-28-69(65)91(84)93-86(108)56-52-77-73-32-13-12-30-71(73)72-31-16-17-35-76(72)89(77)93)59-60-40-51-79-82(58-60)75-34-15-14-33-74(75)78-53-57-87-94(90(78)79)92-70-29-11-9-27-66(70)50-55-85(92)109(87)101-96(68-47-43-64(44-48-68)62-24-6-3-7-25-62)107-102-98(106-101)81-37-19-21-39-88(81)110-102/h2-58H,59H2,1H3. The van der Waals surface area contributed by atoms with Gasteiger partial charge in [0, 0.05) is 59.8 Å². The highest BCUT2D eigenvalue weighted by atomic mass is 16.3. The van der Waals surface area contributed by atoms with Crippen molar-refractivity contribution in [3.63, 3.8) is 0 Å². The first-order chi connectivity index (χ1) is 54.4. The molecule has 0 aliphatic heterocycles. The van der Waals surface area contributed by atoms with Gasteiger partial charge in [-0.05, 0) is 159 Å². The van der Waals surface area contributed by atoms with Crippen molar-refractivity contribution in [2.45, 2.75) is 18.8 Å². The summed E-state index contributed by atoms with van der Waals surface area (Å²) in [5.74, 6) is 1.52. The summed E-state index contributed by atoms with van der Waals surface area (Å²) < 4.78 is 11.4. The van der Waals surface area contributed by atoms with Gasteiger partial charge in [-0.25, -0.2) is 19.9 Å². The molecule has 0 N–H and O–H groups in total. The fourth-order valence-electron chi connectivity index (χ4n) is 19.2. The molecule has 7 heteroatoms. The SMILES string of the molecule is CC1(Cc2ccc3c(c2)c2ccccc2c2ccc4c(c23)c2c3ccccc3ccc2n4-c2nc3c(nc2-c2ccc(-c4ccccc4)cc2)oc2ccccc23)c2ccccc2-c2nc(-n3c4ccc5ccccc5c4c4c5c6ccccc6c6ccccc6c5ccc43)c(-c3ccc(-c4ccccc4)cc3)nc21. The van der Waals surface area contributed by atoms with E-state index in [4.69, 9.17) is 24.4 Å². The number of hydrogen-bond donors (Lipinski definition) is 0. The molecule has 110 heavy (non-hydrogen) atoms. The summed E-state index contributed by atoms with van der Waals surface area (Å²) in [6, 6.07) is 126. The Morgan fingerprint density at radius 3 is 1.25 bits per heavy atom. The monoisotopic (exact) mass is 1400 g/mol. The summed E-state index contributed by atoms with van der Waals surface area (Å²) in [5.41, 5.74) is 19.0. The van der Waals surface area contributed by atoms with E-state index < -0.39 is 5.41 Å². The Labute approximate surface area is 630 Å². The molecule has 0 radical (unpaired) electrons. The van der Waals surface area contributed by atoms with Gasteiger partial charge in [0.05, 0.1) is 33.5 Å². The molecule has 1 aliphatic carbocycles. The molecule has 1 atom stereocenters. The maximum atomic E-state index is 6.59. The molecule has 510 valence electrons. The highest BCUT2D eigenvalue weighted by Crippen LogP contribution is 2.54. The lowest BCUT2D eigenvalue weighted by atomic mass is 9.77. The predicted molar refractivity (Wildman–Crippen MR) is 457 cm³/mol. The van der Waals surface area contributed by atoms with Crippen molar-refractivity contribution in [1.29, 1.82) is 0 Å². The second kappa shape index (κ2) is 23.1. The third-order valence-electron chi connectivity index (χ3n) is 24.1. The van der Waals surface area contributed by atoms with Crippen LogP contribution in [0.5, 0.6) is 0 Å². The molecule has 0 amide bonds. The molecule has 0 bridgehead atoms. The molecule has 0 fully saturated rings. The van der Waals surface area contributed by atoms with Gasteiger partial charge >= 0.3 is 0 Å². The van der Waals surface area contributed by atoms with Crippen LogP contribution in [0.2, 0.25) is 0 Å². The lowest BCUT2D eigenvalue weighted by Gasteiger charge is -2.27. The van der Waals surface area contributed by atoms with Gasteiger partial charge in [0.1, 0.15) is 22.5 Å². The highest BCUT2D eigenvalue weighted by Gasteiger charge is 2.43. The molecule has 0 saturated heterocycles. The van der Waals surface area contributed by atoms with Crippen LogP contribution >= 0.6 is 0 Å². The molecule has 1 aliphatic rings. The van der Waals surface area contributed by atoms with E-state index in [0.717, 1.165) is 128 Å². The summed E-state index contributed by atoms with van der Waals surface area (Å²) in [6.07, 6.45) is 0.654. The topological polar surface area (TPSA) is 74.6 Å². The minimum absolute atomic E-state index is 0.497. The Morgan fingerprint density at radius 1 is 0.282 bits per heavy atom. The maximum Gasteiger partial charge on any atom is 0.247 e. The molecule has 24 rings (SSSR count). The van der Waals surface area contributed by atoms with Crippen molar-refractivity contribution in [1.82, 2.24) is 29.1 Å². The smallest absolute Gasteiger partial charge is 0.247 e. The molecule has 5 aromatic heterocycles. The number of furan rings is 1. The third-order valence-corrected chi connectivity index (χ3v) is 24.1. The molecule has 1 unspecified atom stereocenters. The summed E-state index contributed by atoms with van der Waals surface area (Å²) in [6.45, 7) is 2.41. The number of para-hydroxylation sites is 1. The first kappa shape index (κ1) is 60.8. The van der Waals surface area contributed by atoms with Gasteiger partial charge in [-0.3, -0.25) is 9.13 Å². The van der Waals surface area contributed by atoms with E-state index in [2.05, 4.69) is 344 Å². The summed E-state index contributed by atoms with van der Waals surface area (Å²) in [7, 11) is 0. The Morgan fingerprint density at radius 2 is 0.682 bits per heavy atom. The van der Waals surface area contributed by atoms with Crippen LogP contribution in [0.1, 0.15) is 23.7 Å². The predicted octanol–water partition coefficient (Wildman–Crippen LogP) is 26.8. The molecular formula is C103H62N6O. The van der Waals surface area contributed by atoms with Gasteiger partial charge in [0.2, 0.25) is 5.71 Å². The molecule has 23 aromatic rings. The quantitative estimate of drug-likeness (QED) is 0.142. The number of nitrogens with zero attached hydrogens (tertiary/aromatic N) is 6. The Balaban J connectivity index is 0.736. The summed E-state index contributed by atoms with van der Waals surface area (Å²) >= 11 is 0. The first-order valence-electron chi connectivity index (χ1n) is 37.9. The van der Waals surface area contributed by atoms with Crippen LogP contribution in [0.4, 0.5) is 0 Å². The second-order valence-corrected chi connectivity index (χ2v) is 30.0. The van der Waals surface area contributed by atoms with Gasteiger partial charge in [-0.15, -0.1) is 0 Å². The normalized spacial score (nSPS) is 13.8. The zero-order valence-corrected chi connectivity index (χ0v) is 59.7. The molecular weight excluding hydrogens is 1340 g/mol. The van der Waals surface area contributed by atoms with Gasteiger partial charge in [-0.2, -0.15) is 0 Å². The van der Waals surface area contributed by atoms with E-state index in [1.807, 2.05) is 18.2 Å². The lowest BCUT2D eigenvalue weighted by Crippen LogP contribution is -2.26. The number of rotatable bonds is 8. The minimum atomic E-state index is -0.634. The maximum absolute atomic E-state index is 6.59. The second-order valence-electron chi connectivity index (χ2n) is 30.0. The van der Waals surface area contributed by atoms with Crippen molar-refractivity contribution < 1.29 is 4.42 Å². The summed E-state index contributed by atoms with van der Waals surface area (Å²) in [5, 5.41) is 24.9. The van der Waals surface area contributed by atoms with Gasteiger partial charge < -0.3 is 4.42 Å². The van der Waals surface area contributed by atoms with Crippen LogP contribution in [-0.4, -0.2) is 29.1 Å². The molecule has 5 heterocycles. The van der Waals surface area contributed by atoms with Crippen molar-refractivity contribution in [3.8, 4) is 67.7 Å². The number of benzene rings is 18. The van der Waals surface area contributed by atoms with E-state index in [-0.39, 0.29) is 0 Å². The average molecular weight is 1400 g/mol. The Bertz CT molecular complexity index is 7900. The number of aromatic nitrogens is 6. The van der Waals surface area contributed by atoms with Gasteiger partial charge in [-0.1, -0.05) is 309 Å². The van der Waals surface area contributed by atoms with E-state index in [1.54, 1.807) is 0 Å². The van der Waals surface area contributed by atoms with E-state index in [0.29, 0.717) is 12.1 Å². The summed E-state index contributed by atoms with van der Waals surface area (Å²) in [4.78, 5) is 23.6. The lowest BCUT2D eigenvalue weighted by molar-refractivity contribution is 0.564. The molecule has 7 nitrogen and oxygen atoms in total. The fourth-order valence-corrected chi connectivity index (χ4v) is 19.2. The number of fused-ring (bicyclic) bond motifs is 30. The molecule has 0 spiro atoms. The molecule has 18 aromatic carbocycles. The van der Waals surface area contributed by atoms with Crippen LogP contribution in [-0.2, 0) is 11.8 Å². The fraction of sp³-hybridized carbons (Fsp3) is 0.0291. The van der Waals surface area contributed by atoms with E-state index in [1.165, 1.54) is 103 Å². The van der Waals surface area contributed by atoms with Gasteiger partial charge in [0.15, 0.2) is 11.6 Å². The van der Waals surface area contributed by atoms with Crippen LogP contribution < -0.4 is 0 Å². The van der Waals surface area contributed by atoms with Crippen LogP contribution in [0, 0.1) is 0 Å². The van der Waals surface area contributed by atoms with E-state index in [9.17, 15) is 0 Å². The van der Waals surface area contributed by atoms with Crippen molar-refractivity contribution in [2.24, 2.45) is 0 Å². The zero-order valence-electron chi connectivity index (χ0n) is 59.7. The minimum Gasteiger partial charge on any atom is -0.436 e. The van der Waals surface area contributed by atoms with Gasteiger partial charge in [0.25, 0.3) is 0 Å². The largest absolute Gasteiger partial charge is 0.436 e. The molecule has 0 saturated carbocycles. The third kappa shape index (κ3) is 8.65.